The molecular weight excluding hydrogens is 358 g/mol. The fourth-order valence-electron chi connectivity index (χ4n) is 3.47. The smallest absolute Gasteiger partial charge is 0.229 e. The third-order valence-corrected chi connectivity index (χ3v) is 6.09. The molecule has 3 aromatic heterocycles. The number of thioether (sulfide) groups is 1. The Hall–Kier alpha value is -2.74. The summed E-state index contributed by atoms with van der Waals surface area (Å²) < 4.78 is 2.08. The quantitative estimate of drug-likeness (QED) is 0.581. The zero-order valence-electron chi connectivity index (χ0n) is 15.2. The first-order chi connectivity index (χ1) is 13.2. The summed E-state index contributed by atoms with van der Waals surface area (Å²) in [5.41, 5.74) is 5.60. The molecule has 0 aliphatic carbocycles. The zero-order valence-corrected chi connectivity index (χ0v) is 16.0. The molecule has 27 heavy (non-hydrogen) atoms. The highest BCUT2D eigenvalue weighted by Crippen LogP contribution is 2.31. The molecule has 1 N–H and O–H groups in total. The largest absolute Gasteiger partial charge is 0.324 e. The number of anilines is 2. The number of fused-ring (bicyclic) bond motifs is 2. The van der Waals surface area contributed by atoms with Gasteiger partial charge in [0.1, 0.15) is 0 Å². The summed E-state index contributed by atoms with van der Waals surface area (Å²) in [4.78, 5) is 18.0. The Morgan fingerprint density at radius 2 is 1.93 bits per heavy atom. The summed E-state index contributed by atoms with van der Waals surface area (Å²) in [7, 11) is 0. The van der Waals surface area contributed by atoms with E-state index in [0.29, 0.717) is 12.0 Å². The maximum atomic E-state index is 4.79. The first kappa shape index (κ1) is 16.4. The van der Waals surface area contributed by atoms with E-state index < -0.39 is 0 Å². The third-order valence-electron chi connectivity index (χ3n) is 4.95. The molecule has 0 radical (unpaired) electrons. The molecule has 1 aromatic carbocycles. The van der Waals surface area contributed by atoms with Crippen LogP contribution in [0.4, 0.5) is 11.6 Å². The third kappa shape index (κ3) is 2.90. The normalized spacial score (nSPS) is 17.0. The maximum Gasteiger partial charge on any atom is 0.229 e. The van der Waals surface area contributed by atoms with Crippen molar-refractivity contribution in [3.63, 3.8) is 0 Å². The number of aromatic nitrogens is 6. The van der Waals surface area contributed by atoms with Crippen LogP contribution in [0.25, 0.3) is 22.1 Å². The van der Waals surface area contributed by atoms with Crippen LogP contribution in [0.15, 0.2) is 30.7 Å². The first-order valence-corrected chi connectivity index (χ1v) is 10.1. The molecule has 1 aliphatic rings. The van der Waals surface area contributed by atoms with Crippen LogP contribution in [-0.2, 0) is 0 Å². The highest BCUT2D eigenvalue weighted by atomic mass is 32.2. The Balaban J connectivity index is 1.55. The highest BCUT2D eigenvalue weighted by Gasteiger charge is 2.22. The van der Waals surface area contributed by atoms with Gasteiger partial charge in [-0.3, -0.25) is 9.97 Å². The molecule has 1 fully saturated rings. The number of hydrogen-bond donors (Lipinski definition) is 1. The van der Waals surface area contributed by atoms with E-state index >= 15 is 0 Å². The summed E-state index contributed by atoms with van der Waals surface area (Å²) in [6, 6.07) is 4.42. The van der Waals surface area contributed by atoms with Gasteiger partial charge in [0.05, 0.1) is 28.2 Å². The van der Waals surface area contributed by atoms with Crippen LogP contribution in [0.3, 0.4) is 0 Å². The minimum absolute atomic E-state index is 0.409. The number of rotatable bonds is 3. The van der Waals surface area contributed by atoms with Crippen molar-refractivity contribution >= 4 is 45.5 Å². The van der Waals surface area contributed by atoms with Crippen molar-refractivity contribution in [2.24, 2.45) is 0 Å². The molecule has 0 amide bonds. The molecule has 0 bridgehead atoms. The van der Waals surface area contributed by atoms with Crippen LogP contribution in [0.1, 0.15) is 23.7 Å². The van der Waals surface area contributed by atoms with Crippen molar-refractivity contribution in [2.45, 2.75) is 26.3 Å². The van der Waals surface area contributed by atoms with Crippen molar-refractivity contribution in [2.75, 3.05) is 16.8 Å². The monoisotopic (exact) mass is 377 g/mol. The zero-order chi connectivity index (χ0) is 18.4. The Kier molecular flexibility index (Phi) is 3.93. The second kappa shape index (κ2) is 6.45. The molecule has 4 heterocycles. The molecule has 0 saturated carbocycles. The molecule has 1 saturated heterocycles. The molecule has 136 valence electrons. The van der Waals surface area contributed by atoms with Crippen molar-refractivity contribution in [3.8, 4) is 0 Å². The number of benzene rings is 1. The van der Waals surface area contributed by atoms with Crippen LogP contribution < -0.4 is 5.32 Å². The summed E-state index contributed by atoms with van der Waals surface area (Å²) in [5.74, 6) is 2.84. The second-order valence-corrected chi connectivity index (χ2v) is 7.97. The van der Waals surface area contributed by atoms with Gasteiger partial charge in [-0.1, -0.05) is 0 Å². The molecule has 1 unspecified atom stereocenters. The van der Waals surface area contributed by atoms with Gasteiger partial charge in [0.15, 0.2) is 5.65 Å². The molecular formula is C19H19N7S. The van der Waals surface area contributed by atoms with E-state index in [1.807, 2.05) is 43.9 Å². The lowest BCUT2D eigenvalue weighted by molar-refractivity contribution is 0.511. The fraction of sp³-hybridized carbons (Fsp3) is 0.316. The van der Waals surface area contributed by atoms with Crippen LogP contribution in [0, 0.1) is 13.8 Å². The number of hydrogen-bond acceptors (Lipinski definition) is 7. The number of nitrogens with zero attached hydrogens (tertiary/aromatic N) is 6. The van der Waals surface area contributed by atoms with Crippen molar-refractivity contribution < 1.29 is 0 Å². The number of aryl methyl sites for hydroxylation is 2. The minimum atomic E-state index is 0.409. The summed E-state index contributed by atoms with van der Waals surface area (Å²) >= 11 is 1.97. The maximum absolute atomic E-state index is 4.79. The van der Waals surface area contributed by atoms with Gasteiger partial charge in [0.2, 0.25) is 5.95 Å². The molecule has 5 rings (SSSR count). The van der Waals surface area contributed by atoms with Crippen molar-refractivity contribution in [1.82, 2.24) is 29.7 Å². The lowest BCUT2D eigenvalue weighted by atomic mass is 10.1. The van der Waals surface area contributed by atoms with Crippen LogP contribution >= 0.6 is 11.8 Å². The molecule has 8 heteroatoms. The average molecular weight is 377 g/mol. The molecule has 4 aromatic rings. The van der Waals surface area contributed by atoms with Crippen LogP contribution in [0.5, 0.6) is 0 Å². The Bertz CT molecular complexity index is 1150. The van der Waals surface area contributed by atoms with E-state index in [1.54, 1.807) is 12.4 Å². The van der Waals surface area contributed by atoms with Gasteiger partial charge in [-0.15, -0.1) is 0 Å². The lowest BCUT2D eigenvalue weighted by Gasteiger charge is -2.11. The minimum Gasteiger partial charge on any atom is -0.324 e. The van der Waals surface area contributed by atoms with Crippen LogP contribution in [-0.4, -0.2) is 41.2 Å². The van der Waals surface area contributed by atoms with E-state index in [4.69, 9.17) is 10.1 Å². The molecule has 1 atom stereocenters. The summed E-state index contributed by atoms with van der Waals surface area (Å²) in [5, 5.41) is 9.09. The van der Waals surface area contributed by atoms with Gasteiger partial charge in [-0.2, -0.15) is 21.8 Å². The lowest BCUT2D eigenvalue weighted by Crippen LogP contribution is -2.11. The Morgan fingerprint density at radius 3 is 2.70 bits per heavy atom. The Labute approximate surface area is 160 Å². The second-order valence-electron chi connectivity index (χ2n) is 6.82. The molecule has 7 nitrogen and oxygen atoms in total. The van der Waals surface area contributed by atoms with Gasteiger partial charge in [-0.05, 0) is 43.7 Å². The number of nitrogens with one attached hydrogen (secondary N) is 1. The van der Waals surface area contributed by atoms with E-state index in [9.17, 15) is 0 Å². The van der Waals surface area contributed by atoms with E-state index in [0.717, 1.165) is 51.2 Å². The fourth-order valence-corrected chi connectivity index (χ4v) is 4.65. The van der Waals surface area contributed by atoms with Gasteiger partial charge >= 0.3 is 0 Å². The van der Waals surface area contributed by atoms with Gasteiger partial charge in [-0.25, -0.2) is 9.67 Å². The SMILES string of the molecule is Cc1cc2nccnc2cc1Nc1ncc2c(C)nn(C3CCSC3)c2n1. The van der Waals surface area contributed by atoms with E-state index in [1.165, 1.54) is 5.75 Å². The summed E-state index contributed by atoms with van der Waals surface area (Å²) in [6.07, 6.45) is 6.40. The van der Waals surface area contributed by atoms with E-state index in [2.05, 4.69) is 25.0 Å². The van der Waals surface area contributed by atoms with Crippen molar-refractivity contribution in [1.29, 1.82) is 0 Å². The van der Waals surface area contributed by atoms with E-state index in [-0.39, 0.29) is 0 Å². The average Bonchev–Trinajstić information content (AvgIpc) is 3.30. The predicted octanol–water partition coefficient (Wildman–Crippen LogP) is 3.81. The Morgan fingerprint density at radius 1 is 1.11 bits per heavy atom. The van der Waals surface area contributed by atoms with Gasteiger partial charge < -0.3 is 5.32 Å². The predicted molar refractivity (Wildman–Crippen MR) is 109 cm³/mol. The van der Waals surface area contributed by atoms with Gasteiger partial charge in [0, 0.05) is 30.0 Å². The van der Waals surface area contributed by atoms with Crippen molar-refractivity contribution in [3.05, 3.63) is 42.0 Å². The first-order valence-electron chi connectivity index (χ1n) is 8.97. The highest BCUT2D eigenvalue weighted by molar-refractivity contribution is 7.99. The van der Waals surface area contributed by atoms with Crippen LogP contribution in [0.2, 0.25) is 0 Å². The summed E-state index contributed by atoms with van der Waals surface area (Å²) in [6.45, 7) is 4.06. The standard InChI is InChI=1S/C19H19N7S/c1-11-7-16-17(21-5-4-20-16)8-15(11)23-19-22-9-14-12(2)25-26(18(14)24-19)13-3-6-27-10-13/h4-5,7-9,13H,3,6,10H2,1-2H3,(H,22,23,24). The van der Waals surface area contributed by atoms with Gasteiger partial charge in [0.25, 0.3) is 0 Å². The molecule has 1 aliphatic heterocycles. The molecule has 0 spiro atoms. The topological polar surface area (TPSA) is 81.4 Å².